The molecule has 2 heterocycles. The van der Waals surface area contributed by atoms with Crippen LogP contribution in [0.3, 0.4) is 0 Å². The summed E-state index contributed by atoms with van der Waals surface area (Å²) in [5, 5.41) is 13.4. The number of hydrogen-bond donors (Lipinski definition) is 1. The van der Waals surface area contributed by atoms with Crippen molar-refractivity contribution in [2.75, 3.05) is 13.7 Å². The van der Waals surface area contributed by atoms with Crippen molar-refractivity contribution in [2.45, 2.75) is 20.0 Å². The van der Waals surface area contributed by atoms with Gasteiger partial charge in [0.15, 0.2) is 0 Å². The number of aromatic carboxylic acids is 1. The van der Waals surface area contributed by atoms with E-state index in [0.717, 1.165) is 0 Å². The summed E-state index contributed by atoms with van der Waals surface area (Å²) >= 11 is 0. The van der Waals surface area contributed by atoms with Crippen molar-refractivity contribution >= 4 is 11.9 Å². The Morgan fingerprint density at radius 3 is 2.74 bits per heavy atom. The second-order valence-electron chi connectivity index (χ2n) is 5.30. The lowest BCUT2D eigenvalue weighted by atomic mass is 10.0. The fraction of sp³-hybridized carbons (Fsp3) is 0.333. The number of fused-ring (bicyclic) bond motifs is 1. The first kappa shape index (κ1) is 15.0. The molecule has 0 atom stereocenters. The highest BCUT2D eigenvalue weighted by Crippen LogP contribution is 2.25. The van der Waals surface area contributed by atoms with E-state index < -0.39 is 5.97 Å². The van der Waals surface area contributed by atoms with Crippen LogP contribution in [-0.4, -0.2) is 50.3 Å². The van der Waals surface area contributed by atoms with Crippen LogP contribution in [0, 0.1) is 6.92 Å². The number of carbonyl (C=O) groups is 2. The van der Waals surface area contributed by atoms with E-state index in [-0.39, 0.29) is 17.2 Å². The van der Waals surface area contributed by atoms with Gasteiger partial charge in [-0.15, -0.1) is 0 Å². The predicted octanol–water partition coefficient (Wildman–Crippen LogP) is 0.949. The molecule has 3 rings (SSSR count). The molecule has 8 heteroatoms. The summed E-state index contributed by atoms with van der Waals surface area (Å²) in [6.07, 6.45) is 1.46. The minimum atomic E-state index is -1.13. The molecule has 0 spiro atoms. The highest BCUT2D eigenvalue weighted by Gasteiger charge is 2.26. The molecule has 0 saturated heterocycles. The fourth-order valence-electron chi connectivity index (χ4n) is 2.65. The van der Waals surface area contributed by atoms with E-state index in [1.165, 1.54) is 19.5 Å². The SMILES string of the molecule is COc1cc(C)c(C(=O)N2CCn3ncnc3C2)cc1C(=O)O. The number of aryl methyl sites for hydroxylation is 1. The molecular formula is C15H16N4O4. The Morgan fingerprint density at radius 1 is 1.26 bits per heavy atom. The smallest absolute Gasteiger partial charge is 0.339 e. The molecule has 23 heavy (non-hydrogen) atoms. The molecular weight excluding hydrogens is 300 g/mol. The van der Waals surface area contributed by atoms with Crippen molar-refractivity contribution in [3.63, 3.8) is 0 Å². The molecule has 0 saturated carbocycles. The molecule has 0 aliphatic carbocycles. The Hall–Kier alpha value is -2.90. The summed E-state index contributed by atoms with van der Waals surface area (Å²) in [5.74, 6) is -0.393. The molecule has 0 radical (unpaired) electrons. The summed E-state index contributed by atoms with van der Waals surface area (Å²) in [4.78, 5) is 29.9. The Labute approximate surface area is 132 Å². The largest absolute Gasteiger partial charge is 0.496 e. The van der Waals surface area contributed by atoms with Gasteiger partial charge in [0.05, 0.1) is 20.2 Å². The number of nitrogens with zero attached hydrogens (tertiary/aromatic N) is 4. The first-order valence-electron chi connectivity index (χ1n) is 7.09. The van der Waals surface area contributed by atoms with Crippen molar-refractivity contribution in [2.24, 2.45) is 0 Å². The molecule has 1 aliphatic rings. The third kappa shape index (κ3) is 2.63. The average molecular weight is 316 g/mol. The summed E-state index contributed by atoms with van der Waals surface area (Å²) in [6.45, 7) is 3.19. The molecule has 0 bridgehead atoms. The van der Waals surface area contributed by atoms with Gasteiger partial charge < -0.3 is 14.7 Å². The van der Waals surface area contributed by atoms with E-state index in [1.54, 1.807) is 22.6 Å². The molecule has 1 N–H and O–H groups in total. The Kier molecular flexibility index (Phi) is 3.73. The van der Waals surface area contributed by atoms with Crippen molar-refractivity contribution in [1.82, 2.24) is 19.7 Å². The lowest BCUT2D eigenvalue weighted by molar-refractivity contribution is 0.0693. The lowest BCUT2D eigenvalue weighted by Gasteiger charge is -2.27. The number of benzene rings is 1. The van der Waals surface area contributed by atoms with Crippen LogP contribution in [0.25, 0.3) is 0 Å². The number of hydrogen-bond acceptors (Lipinski definition) is 5. The Morgan fingerprint density at radius 2 is 2.04 bits per heavy atom. The first-order chi connectivity index (χ1) is 11.0. The topological polar surface area (TPSA) is 97.5 Å². The lowest BCUT2D eigenvalue weighted by Crippen LogP contribution is -2.39. The van der Waals surface area contributed by atoms with Gasteiger partial charge >= 0.3 is 5.97 Å². The minimum absolute atomic E-state index is 0.0263. The van der Waals surface area contributed by atoms with Crippen molar-refractivity contribution in [1.29, 1.82) is 0 Å². The van der Waals surface area contributed by atoms with Crippen LogP contribution in [0.15, 0.2) is 18.5 Å². The zero-order chi connectivity index (χ0) is 16.6. The third-order valence-corrected chi connectivity index (χ3v) is 3.90. The van der Waals surface area contributed by atoms with Crippen molar-refractivity contribution in [3.05, 3.63) is 41.0 Å². The number of rotatable bonds is 3. The molecule has 8 nitrogen and oxygen atoms in total. The standard InChI is InChI=1S/C15H16N4O4/c1-9-5-12(23-2)11(15(21)22)6-10(9)14(20)18-3-4-19-13(7-18)16-8-17-19/h5-6,8H,3-4,7H2,1-2H3,(H,21,22). The summed E-state index contributed by atoms with van der Waals surface area (Å²) in [6, 6.07) is 2.95. The highest BCUT2D eigenvalue weighted by atomic mass is 16.5. The number of ether oxygens (including phenoxy) is 1. The number of carboxylic acids is 1. The monoisotopic (exact) mass is 316 g/mol. The maximum atomic E-state index is 12.8. The number of methoxy groups -OCH3 is 1. The molecule has 0 fully saturated rings. The summed E-state index contributed by atoms with van der Waals surface area (Å²) in [7, 11) is 1.40. The van der Waals surface area contributed by atoms with Crippen molar-refractivity contribution < 1.29 is 19.4 Å². The van der Waals surface area contributed by atoms with Crippen LogP contribution in [0.1, 0.15) is 32.1 Å². The van der Waals surface area contributed by atoms with Crippen LogP contribution < -0.4 is 4.74 Å². The second kappa shape index (κ2) is 5.71. The maximum absolute atomic E-state index is 12.8. The fourth-order valence-corrected chi connectivity index (χ4v) is 2.65. The predicted molar refractivity (Wildman–Crippen MR) is 79.5 cm³/mol. The van der Waals surface area contributed by atoms with E-state index in [9.17, 15) is 14.7 Å². The minimum Gasteiger partial charge on any atom is -0.496 e. The van der Waals surface area contributed by atoms with E-state index in [1.807, 2.05) is 0 Å². The highest BCUT2D eigenvalue weighted by molar-refractivity contribution is 6.00. The molecule has 120 valence electrons. The van der Waals surface area contributed by atoms with E-state index >= 15 is 0 Å². The Bertz CT molecular complexity index is 784. The molecule has 1 aromatic heterocycles. The molecule has 2 aromatic rings. The Balaban J connectivity index is 1.94. The van der Waals surface area contributed by atoms with E-state index in [2.05, 4.69) is 10.1 Å². The van der Waals surface area contributed by atoms with Gasteiger partial charge in [-0.2, -0.15) is 5.10 Å². The summed E-state index contributed by atoms with van der Waals surface area (Å²) < 4.78 is 6.83. The molecule has 0 unspecified atom stereocenters. The van der Waals surface area contributed by atoms with E-state index in [4.69, 9.17) is 4.74 Å². The quantitative estimate of drug-likeness (QED) is 0.905. The van der Waals surface area contributed by atoms with Gasteiger partial charge in [0.1, 0.15) is 23.5 Å². The van der Waals surface area contributed by atoms with E-state index in [0.29, 0.717) is 36.6 Å². The second-order valence-corrected chi connectivity index (χ2v) is 5.30. The molecule has 1 amide bonds. The third-order valence-electron chi connectivity index (χ3n) is 3.90. The zero-order valence-electron chi connectivity index (χ0n) is 12.8. The van der Waals surface area contributed by atoms with Crippen LogP contribution in [0.2, 0.25) is 0 Å². The van der Waals surface area contributed by atoms with Crippen LogP contribution in [-0.2, 0) is 13.1 Å². The van der Waals surface area contributed by atoms with Gasteiger partial charge in [0.25, 0.3) is 5.91 Å². The maximum Gasteiger partial charge on any atom is 0.339 e. The van der Waals surface area contributed by atoms with Gasteiger partial charge in [-0.1, -0.05) is 0 Å². The van der Waals surface area contributed by atoms with Gasteiger partial charge in [-0.3, -0.25) is 4.79 Å². The zero-order valence-corrected chi connectivity index (χ0v) is 12.8. The van der Waals surface area contributed by atoms with Crippen LogP contribution in [0.5, 0.6) is 5.75 Å². The average Bonchev–Trinajstić information content (AvgIpc) is 3.01. The van der Waals surface area contributed by atoms with Gasteiger partial charge in [0.2, 0.25) is 0 Å². The number of aromatic nitrogens is 3. The van der Waals surface area contributed by atoms with Gasteiger partial charge in [-0.05, 0) is 24.6 Å². The number of amides is 1. The molecule has 1 aliphatic heterocycles. The van der Waals surface area contributed by atoms with Gasteiger partial charge in [-0.25, -0.2) is 14.5 Å². The van der Waals surface area contributed by atoms with Gasteiger partial charge in [0, 0.05) is 12.1 Å². The number of carboxylic acid groups (broad SMARTS) is 1. The summed E-state index contributed by atoms with van der Waals surface area (Å²) in [5.41, 5.74) is 1.00. The normalized spacial score (nSPS) is 13.6. The molecule has 1 aromatic carbocycles. The van der Waals surface area contributed by atoms with Crippen LogP contribution in [0.4, 0.5) is 0 Å². The van der Waals surface area contributed by atoms with Crippen LogP contribution >= 0.6 is 0 Å². The number of carbonyl (C=O) groups excluding carboxylic acids is 1. The first-order valence-corrected chi connectivity index (χ1v) is 7.09. The van der Waals surface area contributed by atoms with Crippen molar-refractivity contribution in [3.8, 4) is 5.75 Å².